The molecule has 0 atom stereocenters. The van der Waals surface area contributed by atoms with Crippen molar-refractivity contribution < 1.29 is 28.2 Å². The highest BCUT2D eigenvalue weighted by Gasteiger charge is 2.31. The van der Waals surface area contributed by atoms with Gasteiger partial charge in [0, 0.05) is 5.02 Å². The normalized spacial score (nSPS) is 11.1. The number of anilines is 1. The topological polar surface area (TPSA) is 112 Å². The Morgan fingerprint density at radius 2 is 1.68 bits per heavy atom. The smallest absolute Gasteiger partial charge is 0.337 e. The third kappa shape index (κ3) is 4.04. The van der Waals surface area contributed by atoms with Gasteiger partial charge in [0.25, 0.3) is 10.0 Å². The highest BCUT2D eigenvalue weighted by atomic mass is 35.5. The maximum absolute atomic E-state index is 12.9. The summed E-state index contributed by atoms with van der Waals surface area (Å²) >= 11 is 11.7. The van der Waals surface area contributed by atoms with Crippen molar-refractivity contribution in [3.8, 4) is 0 Å². The van der Waals surface area contributed by atoms with Crippen LogP contribution in [0, 0.1) is 0 Å². The first-order valence-electron chi connectivity index (χ1n) is 6.66. The van der Waals surface area contributed by atoms with Gasteiger partial charge in [0.05, 0.1) is 16.3 Å². The monoisotopic (exact) mass is 403 g/mol. The molecule has 2 aromatic carbocycles. The molecule has 132 valence electrons. The Kier molecular flexibility index (Phi) is 5.56. The van der Waals surface area contributed by atoms with Crippen molar-refractivity contribution >= 4 is 50.9 Å². The lowest BCUT2D eigenvalue weighted by molar-refractivity contribution is -0.135. The molecule has 7 nitrogen and oxygen atoms in total. The van der Waals surface area contributed by atoms with E-state index in [4.69, 9.17) is 28.3 Å². The Morgan fingerprint density at radius 3 is 2.28 bits per heavy atom. The molecule has 0 aliphatic heterocycles. The zero-order valence-corrected chi connectivity index (χ0v) is 14.7. The van der Waals surface area contributed by atoms with Gasteiger partial charge in [0.15, 0.2) is 0 Å². The van der Waals surface area contributed by atoms with Crippen molar-refractivity contribution in [1.82, 2.24) is 0 Å². The van der Waals surface area contributed by atoms with Crippen LogP contribution in [0.2, 0.25) is 10.0 Å². The first kappa shape index (κ1) is 19.0. The molecule has 0 fully saturated rings. The fraction of sp³-hybridized carbons (Fsp3) is 0.0667. The average molecular weight is 404 g/mol. The first-order valence-corrected chi connectivity index (χ1v) is 8.86. The van der Waals surface area contributed by atoms with Gasteiger partial charge in [0.2, 0.25) is 0 Å². The van der Waals surface area contributed by atoms with Crippen molar-refractivity contribution in [1.29, 1.82) is 0 Å². The van der Waals surface area contributed by atoms with Crippen molar-refractivity contribution in [2.45, 2.75) is 4.90 Å². The quantitative estimate of drug-likeness (QED) is 0.766. The number of carboxylic acid groups (broad SMARTS) is 2. The van der Waals surface area contributed by atoms with Crippen molar-refractivity contribution in [2.24, 2.45) is 0 Å². The number of rotatable bonds is 6. The van der Waals surface area contributed by atoms with Gasteiger partial charge in [-0.1, -0.05) is 35.3 Å². The highest BCUT2D eigenvalue weighted by Crippen LogP contribution is 2.32. The van der Waals surface area contributed by atoms with E-state index in [1.165, 1.54) is 36.4 Å². The van der Waals surface area contributed by atoms with Gasteiger partial charge >= 0.3 is 11.9 Å². The maximum atomic E-state index is 12.9. The number of carbonyl (C=O) groups is 2. The van der Waals surface area contributed by atoms with Gasteiger partial charge in [-0.05, 0) is 30.3 Å². The Bertz CT molecular complexity index is 945. The van der Waals surface area contributed by atoms with Gasteiger partial charge in [0.1, 0.15) is 11.4 Å². The van der Waals surface area contributed by atoms with Crippen LogP contribution in [0.1, 0.15) is 10.4 Å². The van der Waals surface area contributed by atoms with Crippen LogP contribution in [0.3, 0.4) is 0 Å². The molecule has 2 rings (SSSR count). The van der Waals surface area contributed by atoms with E-state index in [0.29, 0.717) is 4.31 Å². The molecule has 2 aromatic rings. The number of hydrogen-bond donors (Lipinski definition) is 2. The standard InChI is InChI=1S/C15H11Cl2NO6S/c16-9-5-6-11(17)13(7-9)25(23,24)18(8-14(19)20)12-4-2-1-3-10(12)15(21)22/h1-7H,8H2,(H,19,20)(H,21,22). The van der Waals surface area contributed by atoms with E-state index in [0.717, 1.165) is 6.07 Å². The number of para-hydroxylation sites is 1. The molecule has 0 aliphatic carbocycles. The second kappa shape index (κ2) is 7.30. The molecule has 0 saturated heterocycles. The van der Waals surface area contributed by atoms with Gasteiger partial charge in [-0.3, -0.25) is 9.10 Å². The summed E-state index contributed by atoms with van der Waals surface area (Å²) in [5, 5.41) is 18.3. The van der Waals surface area contributed by atoms with E-state index >= 15 is 0 Å². The van der Waals surface area contributed by atoms with E-state index in [-0.39, 0.29) is 21.3 Å². The molecule has 0 heterocycles. The van der Waals surface area contributed by atoms with Gasteiger partial charge in [-0.25, -0.2) is 13.2 Å². The number of benzene rings is 2. The maximum Gasteiger partial charge on any atom is 0.337 e. The van der Waals surface area contributed by atoms with Crippen molar-refractivity contribution in [2.75, 3.05) is 10.8 Å². The summed E-state index contributed by atoms with van der Waals surface area (Å²) in [6.45, 7) is -0.991. The fourth-order valence-corrected chi connectivity index (χ4v) is 4.26. The van der Waals surface area contributed by atoms with Gasteiger partial charge in [-0.2, -0.15) is 0 Å². The van der Waals surface area contributed by atoms with Crippen LogP contribution in [-0.2, 0) is 14.8 Å². The van der Waals surface area contributed by atoms with Crippen LogP contribution < -0.4 is 4.31 Å². The van der Waals surface area contributed by atoms with Crippen molar-refractivity contribution in [3.63, 3.8) is 0 Å². The predicted molar refractivity (Wildman–Crippen MR) is 92.0 cm³/mol. The average Bonchev–Trinajstić information content (AvgIpc) is 2.54. The van der Waals surface area contributed by atoms with Crippen molar-refractivity contribution in [3.05, 3.63) is 58.1 Å². The predicted octanol–water partition coefficient (Wildman–Crippen LogP) is 2.97. The molecule has 0 unspecified atom stereocenters. The summed E-state index contributed by atoms with van der Waals surface area (Å²) in [4.78, 5) is 22.1. The molecule has 0 spiro atoms. The van der Waals surface area contributed by atoms with E-state index in [1.807, 2.05) is 0 Å². The number of halogens is 2. The molecule has 0 radical (unpaired) electrons. The molecule has 25 heavy (non-hydrogen) atoms. The molecule has 0 amide bonds. The molecular weight excluding hydrogens is 393 g/mol. The zero-order valence-electron chi connectivity index (χ0n) is 12.4. The highest BCUT2D eigenvalue weighted by molar-refractivity contribution is 7.93. The minimum absolute atomic E-state index is 0.0739. The van der Waals surface area contributed by atoms with Gasteiger partial charge < -0.3 is 10.2 Å². The lowest BCUT2D eigenvalue weighted by atomic mass is 10.2. The van der Waals surface area contributed by atoms with Crippen LogP contribution in [-0.4, -0.2) is 37.1 Å². The lowest BCUT2D eigenvalue weighted by Gasteiger charge is -2.24. The fourth-order valence-electron chi connectivity index (χ4n) is 2.09. The molecule has 0 saturated carbocycles. The third-order valence-corrected chi connectivity index (χ3v) is 5.62. The molecule has 0 bridgehead atoms. The van der Waals surface area contributed by atoms with E-state index in [2.05, 4.69) is 0 Å². The number of aliphatic carboxylic acids is 1. The minimum Gasteiger partial charge on any atom is -0.480 e. The van der Waals surface area contributed by atoms with E-state index in [9.17, 15) is 23.1 Å². The molecule has 10 heteroatoms. The SMILES string of the molecule is O=C(O)CN(c1ccccc1C(=O)O)S(=O)(=O)c1cc(Cl)ccc1Cl. The minimum atomic E-state index is -4.49. The summed E-state index contributed by atoms with van der Waals surface area (Å²) in [6.07, 6.45) is 0. The molecule has 2 N–H and O–H groups in total. The molecule has 0 aliphatic rings. The van der Waals surface area contributed by atoms with E-state index in [1.54, 1.807) is 0 Å². The summed E-state index contributed by atoms with van der Waals surface area (Å²) < 4.78 is 26.4. The number of hydrogen-bond acceptors (Lipinski definition) is 4. The summed E-state index contributed by atoms with van der Waals surface area (Å²) in [6, 6.07) is 8.84. The van der Waals surface area contributed by atoms with Crippen LogP contribution in [0.5, 0.6) is 0 Å². The van der Waals surface area contributed by atoms with Gasteiger partial charge in [-0.15, -0.1) is 0 Å². The number of sulfonamides is 1. The Balaban J connectivity index is 2.72. The summed E-state index contributed by atoms with van der Waals surface area (Å²) in [7, 11) is -4.49. The van der Waals surface area contributed by atoms with Crippen LogP contribution in [0.25, 0.3) is 0 Å². The summed E-state index contributed by atoms with van der Waals surface area (Å²) in [5.41, 5.74) is -0.668. The molecule has 0 aromatic heterocycles. The van der Waals surface area contributed by atoms with Crippen LogP contribution >= 0.6 is 23.2 Å². The largest absolute Gasteiger partial charge is 0.480 e. The molecular formula is C15H11Cl2NO6S. The first-order chi connectivity index (χ1) is 11.6. The lowest BCUT2D eigenvalue weighted by Crippen LogP contribution is -2.37. The second-order valence-corrected chi connectivity index (χ2v) is 7.48. The Labute approximate surface area is 153 Å². The summed E-state index contributed by atoms with van der Waals surface area (Å²) in [5.74, 6) is -2.87. The Morgan fingerprint density at radius 1 is 1.04 bits per heavy atom. The Hall–Kier alpha value is -2.29. The number of nitrogens with zero attached hydrogens (tertiary/aromatic N) is 1. The number of aromatic carboxylic acids is 1. The zero-order chi connectivity index (χ0) is 18.8. The van der Waals surface area contributed by atoms with E-state index < -0.39 is 33.4 Å². The number of carboxylic acids is 2. The third-order valence-electron chi connectivity index (χ3n) is 3.14. The second-order valence-electron chi connectivity index (χ2n) is 4.80. The van der Waals surface area contributed by atoms with Crippen LogP contribution in [0.15, 0.2) is 47.4 Å². The van der Waals surface area contributed by atoms with Crippen LogP contribution in [0.4, 0.5) is 5.69 Å².